The van der Waals surface area contributed by atoms with Crippen LogP contribution in [-0.4, -0.2) is 23.7 Å². The zero-order valence-electron chi connectivity index (χ0n) is 10.1. The van der Waals surface area contributed by atoms with Crippen LogP contribution in [0.15, 0.2) is 18.3 Å². The van der Waals surface area contributed by atoms with E-state index in [-0.39, 0.29) is 6.79 Å². The number of nitrogen functional groups attached to an aromatic ring is 1. The fourth-order valence-electron chi connectivity index (χ4n) is 2.02. The van der Waals surface area contributed by atoms with E-state index in [1.165, 1.54) is 0 Å². The Balaban J connectivity index is 2.27. The number of methoxy groups -OCH3 is 1. The second kappa shape index (κ2) is 3.83. The van der Waals surface area contributed by atoms with Crippen molar-refractivity contribution in [2.75, 3.05) is 19.6 Å². The Morgan fingerprint density at radius 3 is 2.89 bits per heavy atom. The number of nitrogens with zero attached hydrogens (tertiary/aromatic N) is 2. The molecule has 0 spiro atoms. The Morgan fingerprint density at radius 1 is 1.39 bits per heavy atom. The third kappa shape index (κ3) is 1.38. The van der Waals surface area contributed by atoms with E-state index in [9.17, 15) is 0 Å². The molecular weight excluding hydrogens is 234 g/mol. The van der Waals surface area contributed by atoms with Crippen LogP contribution in [0.1, 0.15) is 0 Å². The summed E-state index contributed by atoms with van der Waals surface area (Å²) in [5.74, 6) is 2.57. The third-order valence-corrected chi connectivity index (χ3v) is 2.97. The van der Waals surface area contributed by atoms with Crippen LogP contribution in [0.25, 0.3) is 11.1 Å². The lowest BCUT2D eigenvalue weighted by molar-refractivity contribution is 0.174. The number of fused-ring (bicyclic) bond motifs is 1. The summed E-state index contributed by atoms with van der Waals surface area (Å²) in [6, 6.07) is 3.65. The summed E-state index contributed by atoms with van der Waals surface area (Å²) in [4.78, 5) is 0. The first-order chi connectivity index (χ1) is 8.72. The summed E-state index contributed by atoms with van der Waals surface area (Å²) in [6.45, 7) is 0.204. The second-order valence-electron chi connectivity index (χ2n) is 3.94. The van der Waals surface area contributed by atoms with Gasteiger partial charge in [0.2, 0.25) is 6.79 Å². The summed E-state index contributed by atoms with van der Waals surface area (Å²) < 4.78 is 17.8. The van der Waals surface area contributed by atoms with Crippen LogP contribution in [0.3, 0.4) is 0 Å². The molecule has 0 radical (unpaired) electrons. The Kier molecular flexibility index (Phi) is 2.29. The molecule has 0 bridgehead atoms. The van der Waals surface area contributed by atoms with Gasteiger partial charge in [-0.3, -0.25) is 4.68 Å². The van der Waals surface area contributed by atoms with E-state index in [1.54, 1.807) is 25.0 Å². The first kappa shape index (κ1) is 10.8. The van der Waals surface area contributed by atoms with Gasteiger partial charge in [-0.15, -0.1) is 0 Å². The van der Waals surface area contributed by atoms with Gasteiger partial charge >= 0.3 is 0 Å². The molecule has 1 aliphatic heterocycles. The Labute approximate surface area is 104 Å². The van der Waals surface area contributed by atoms with Crippen LogP contribution in [0, 0.1) is 0 Å². The quantitative estimate of drug-likeness (QED) is 0.868. The number of hydrogen-bond acceptors (Lipinski definition) is 5. The van der Waals surface area contributed by atoms with Gasteiger partial charge in [-0.05, 0) is 12.1 Å². The first-order valence-electron chi connectivity index (χ1n) is 5.47. The van der Waals surface area contributed by atoms with Crippen LogP contribution in [0.4, 0.5) is 5.82 Å². The van der Waals surface area contributed by atoms with Crippen LogP contribution in [0.2, 0.25) is 0 Å². The molecule has 2 heterocycles. The van der Waals surface area contributed by atoms with Crippen LogP contribution in [0.5, 0.6) is 17.2 Å². The number of anilines is 1. The molecule has 0 saturated heterocycles. The minimum atomic E-state index is 0.204. The molecule has 2 N–H and O–H groups in total. The van der Waals surface area contributed by atoms with Gasteiger partial charge in [-0.1, -0.05) is 0 Å². The van der Waals surface area contributed by atoms with Crippen molar-refractivity contribution in [2.45, 2.75) is 0 Å². The average Bonchev–Trinajstić information content (AvgIpc) is 2.97. The average molecular weight is 247 g/mol. The number of aryl methyl sites for hydroxylation is 1. The normalized spacial score (nSPS) is 12.8. The molecule has 0 aliphatic carbocycles. The fraction of sp³-hybridized carbons (Fsp3) is 0.250. The van der Waals surface area contributed by atoms with E-state index in [0.29, 0.717) is 23.1 Å². The predicted molar refractivity (Wildman–Crippen MR) is 65.7 cm³/mol. The lowest BCUT2D eigenvalue weighted by Gasteiger charge is -2.10. The summed E-state index contributed by atoms with van der Waals surface area (Å²) in [6.07, 6.45) is 1.69. The summed E-state index contributed by atoms with van der Waals surface area (Å²) in [5, 5.41) is 4.13. The number of benzene rings is 1. The molecular formula is C12H13N3O3. The van der Waals surface area contributed by atoms with Gasteiger partial charge in [0.05, 0.1) is 24.4 Å². The van der Waals surface area contributed by atoms with Crippen LogP contribution >= 0.6 is 0 Å². The van der Waals surface area contributed by atoms with E-state index in [4.69, 9.17) is 19.9 Å². The lowest BCUT2D eigenvalue weighted by atomic mass is 10.1. The molecule has 1 aliphatic rings. The van der Waals surface area contributed by atoms with E-state index >= 15 is 0 Å². The zero-order valence-corrected chi connectivity index (χ0v) is 10.1. The number of ether oxygens (including phenoxy) is 3. The molecule has 3 rings (SSSR count). The summed E-state index contributed by atoms with van der Waals surface area (Å²) in [5.41, 5.74) is 7.55. The van der Waals surface area contributed by atoms with Crippen molar-refractivity contribution in [2.24, 2.45) is 7.05 Å². The number of aromatic nitrogens is 2. The maximum atomic E-state index is 6.00. The van der Waals surface area contributed by atoms with Gasteiger partial charge in [-0.2, -0.15) is 5.10 Å². The van der Waals surface area contributed by atoms with Gasteiger partial charge < -0.3 is 19.9 Å². The van der Waals surface area contributed by atoms with Gasteiger partial charge in [0.1, 0.15) is 11.6 Å². The zero-order chi connectivity index (χ0) is 12.7. The molecule has 0 amide bonds. The Morgan fingerprint density at radius 2 is 2.22 bits per heavy atom. The molecule has 2 aromatic rings. The van der Waals surface area contributed by atoms with Gasteiger partial charge in [0, 0.05) is 7.05 Å². The number of nitrogens with two attached hydrogens (primary N) is 1. The smallest absolute Gasteiger partial charge is 0.231 e. The van der Waals surface area contributed by atoms with Crippen molar-refractivity contribution in [3.63, 3.8) is 0 Å². The van der Waals surface area contributed by atoms with Gasteiger partial charge in [0.25, 0.3) is 0 Å². The Hall–Kier alpha value is -2.37. The Bertz CT molecular complexity index is 607. The number of hydrogen-bond donors (Lipinski definition) is 1. The molecule has 0 unspecified atom stereocenters. The highest BCUT2D eigenvalue weighted by Gasteiger charge is 2.25. The number of rotatable bonds is 2. The topological polar surface area (TPSA) is 71.5 Å². The minimum absolute atomic E-state index is 0.204. The standard InChI is InChI=1S/C12H13N3O3/c1-15-12(13)7(5-14-15)10-8(16-2)3-4-9-11(10)18-6-17-9/h3-5H,6,13H2,1-2H3. The van der Waals surface area contributed by atoms with Crippen molar-refractivity contribution in [3.8, 4) is 28.4 Å². The molecule has 0 atom stereocenters. The molecule has 1 aromatic heterocycles. The van der Waals surface area contributed by atoms with Crippen molar-refractivity contribution >= 4 is 5.82 Å². The molecule has 18 heavy (non-hydrogen) atoms. The summed E-state index contributed by atoms with van der Waals surface area (Å²) in [7, 11) is 3.39. The minimum Gasteiger partial charge on any atom is -0.496 e. The van der Waals surface area contributed by atoms with Crippen molar-refractivity contribution in [3.05, 3.63) is 18.3 Å². The molecule has 1 aromatic carbocycles. The first-order valence-corrected chi connectivity index (χ1v) is 5.47. The SMILES string of the molecule is COc1ccc2c(c1-c1cnn(C)c1N)OCO2. The second-order valence-corrected chi connectivity index (χ2v) is 3.94. The monoisotopic (exact) mass is 247 g/mol. The molecule has 0 saturated carbocycles. The van der Waals surface area contributed by atoms with Crippen LogP contribution in [-0.2, 0) is 7.05 Å². The van der Waals surface area contributed by atoms with E-state index in [2.05, 4.69) is 5.10 Å². The maximum Gasteiger partial charge on any atom is 0.231 e. The van der Waals surface area contributed by atoms with E-state index in [1.807, 2.05) is 12.1 Å². The van der Waals surface area contributed by atoms with Crippen LogP contribution < -0.4 is 19.9 Å². The highest BCUT2D eigenvalue weighted by atomic mass is 16.7. The van der Waals surface area contributed by atoms with Crippen molar-refractivity contribution in [1.82, 2.24) is 9.78 Å². The molecule has 94 valence electrons. The highest BCUT2D eigenvalue weighted by Crippen LogP contribution is 2.48. The van der Waals surface area contributed by atoms with Gasteiger partial charge in [0.15, 0.2) is 11.5 Å². The fourth-order valence-corrected chi connectivity index (χ4v) is 2.02. The van der Waals surface area contributed by atoms with E-state index in [0.717, 1.165) is 11.1 Å². The summed E-state index contributed by atoms with van der Waals surface area (Å²) >= 11 is 0. The highest BCUT2D eigenvalue weighted by molar-refractivity contribution is 5.85. The lowest BCUT2D eigenvalue weighted by Crippen LogP contribution is -1.99. The molecule has 6 heteroatoms. The predicted octanol–water partition coefficient (Wildman–Crippen LogP) is 1.41. The van der Waals surface area contributed by atoms with Crippen molar-refractivity contribution < 1.29 is 14.2 Å². The third-order valence-electron chi connectivity index (χ3n) is 2.97. The van der Waals surface area contributed by atoms with E-state index < -0.39 is 0 Å². The maximum absolute atomic E-state index is 6.00. The largest absolute Gasteiger partial charge is 0.496 e. The molecule has 0 fully saturated rings. The van der Waals surface area contributed by atoms with Gasteiger partial charge in [-0.25, -0.2) is 0 Å². The molecule has 6 nitrogen and oxygen atoms in total. The van der Waals surface area contributed by atoms with Crippen molar-refractivity contribution in [1.29, 1.82) is 0 Å².